The molecule has 5 N–H and O–H groups in total. The number of hydrogen-bond donors (Lipinski definition) is 4. The van der Waals surface area contributed by atoms with Crippen LogP contribution in [0.3, 0.4) is 0 Å². The molecule has 1 fully saturated rings. The molecule has 4 atom stereocenters. The minimum absolute atomic E-state index is 0.0101. The highest BCUT2D eigenvalue weighted by molar-refractivity contribution is 6.24. The van der Waals surface area contributed by atoms with Gasteiger partial charge >= 0.3 is 0 Å². The van der Waals surface area contributed by atoms with E-state index in [9.17, 15) is 34.6 Å². The van der Waals surface area contributed by atoms with Crippen molar-refractivity contribution in [2.75, 3.05) is 28.3 Å². The van der Waals surface area contributed by atoms with Crippen LogP contribution in [0.1, 0.15) is 23.1 Å². The van der Waals surface area contributed by atoms with Crippen molar-refractivity contribution in [3.05, 3.63) is 50.6 Å². The molecular weight excluding hydrogens is 472 g/mol. The highest BCUT2D eigenvalue weighted by atomic mass is 16.7. The number of rotatable bonds is 6. The van der Waals surface area contributed by atoms with E-state index in [4.69, 9.17) is 10.6 Å². The third-order valence-corrected chi connectivity index (χ3v) is 7.55. The Balaban J connectivity index is 1.98. The van der Waals surface area contributed by atoms with Crippen molar-refractivity contribution < 1.29 is 34.5 Å². The van der Waals surface area contributed by atoms with E-state index >= 15 is 0 Å². The minimum atomic E-state index is -2.53. The number of phenolic OH excluding ortho intramolecular Hbond substituents is 1. The quantitative estimate of drug-likeness (QED) is 0.247. The smallest absolute Gasteiger partial charge is 0.255 e. The molecule has 36 heavy (non-hydrogen) atoms. The highest BCUT2D eigenvalue weighted by Crippen LogP contribution is 2.54. The highest BCUT2D eigenvalue weighted by Gasteiger charge is 2.66. The van der Waals surface area contributed by atoms with Gasteiger partial charge in [-0.25, -0.2) is 0 Å². The normalized spacial score (nSPS) is 27.8. The summed E-state index contributed by atoms with van der Waals surface area (Å²) in [6.45, 7) is 0.315. The van der Waals surface area contributed by atoms with E-state index in [1.54, 1.807) is 32.3 Å². The maximum Gasteiger partial charge on any atom is 0.255 e. The minimum Gasteiger partial charge on any atom is -0.508 e. The Labute approximate surface area is 206 Å². The fraction of sp³-hybridized carbons (Fsp3) is 0.458. The van der Waals surface area contributed by atoms with Crippen LogP contribution in [0.15, 0.2) is 34.2 Å². The number of hydrogen-bond acceptors (Lipinski definition) is 11. The van der Waals surface area contributed by atoms with Gasteiger partial charge < -0.3 is 25.9 Å². The first-order valence-electron chi connectivity index (χ1n) is 11.3. The lowest BCUT2D eigenvalue weighted by atomic mass is 9.56. The lowest BCUT2D eigenvalue weighted by molar-refractivity contribution is -0.134. The fourth-order valence-electron chi connectivity index (χ4n) is 5.91. The molecule has 3 aliphatic carbocycles. The first-order chi connectivity index (χ1) is 16.9. The largest absolute Gasteiger partial charge is 0.508 e. The van der Waals surface area contributed by atoms with Crippen LogP contribution in [0.5, 0.6) is 5.75 Å². The molecular formula is C24H28N4O8. The predicted octanol–water partition coefficient (Wildman–Crippen LogP) is 0.731. The molecule has 1 aromatic rings. The number of nitrogens with zero attached hydrogens (tertiary/aromatic N) is 3. The average Bonchev–Trinajstić information content (AvgIpc) is 2.80. The molecule has 0 aliphatic heterocycles. The van der Waals surface area contributed by atoms with Gasteiger partial charge in [0.25, 0.3) is 5.91 Å². The van der Waals surface area contributed by atoms with Gasteiger partial charge in [0.1, 0.15) is 22.8 Å². The zero-order valence-electron chi connectivity index (χ0n) is 20.3. The van der Waals surface area contributed by atoms with Crippen molar-refractivity contribution in [1.82, 2.24) is 9.96 Å². The number of nitrogens with two attached hydrogens (primary N) is 1. The fourth-order valence-corrected chi connectivity index (χ4v) is 5.91. The van der Waals surface area contributed by atoms with Gasteiger partial charge in [-0.1, -0.05) is 6.07 Å². The molecule has 0 spiro atoms. The Hall–Kier alpha value is -3.61. The number of carbonyl (C=O) groups is 3. The number of hydroxylamine groups is 2. The van der Waals surface area contributed by atoms with Gasteiger partial charge in [-0.15, -0.1) is 4.91 Å². The number of carbonyl (C=O) groups excluding carboxylic acids is 3. The number of Topliss-reactive ketones (excluding diaryl/α,β-unsaturated/α-hetero) is 2. The zero-order valence-corrected chi connectivity index (χ0v) is 20.3. The van der Waals surface area contributed by atoms with Crippen molar-refractivity contribution in [2.24, 2.45) is 22.7 Å². The van der Waals surface area contributed by atoms with Crippen molar-refractivity contribution >= 4 is 23.2 Å². The summed E-state index contributed by atoms with van der Waals surface area (Å²) in [7, 11) is 6.28. The van der Waals surface area contributed by atoms with Crippen molar-refractivity contribution in [2.45, 2.75) is 31.0 Å². The van der Waals surface area contributed by atoms with Gasteiger partial charge in [-0.05, 0) is 55.2 Å². The standard InChI is InChI=1S/C24H28N4O8/c1-27(2)18-13-8-11-7-12-10(9-28(3)36-4)5-6-14(29)16(12)19(30)15(11)21(32)24(13,26-35)22(33)17(20(18)31)23(25)34/h5-6,11,13,18,29-30,33H,7-9H2,1-4H3,(H2,25,34)/t11?,13?,18-,24?/m0/s1. The average molecular weight is 501 g/mol. The summed E-state index contributed by atoms with van der Waals surface area (Å²) in [4.78, 5) is 58.2. The summed E-state index contributed by atoms with van der Waals surface area (Å²) in [6, 6.07) is 1.91. The Bertz CT molecular complexity index is 1250. The Kier molecular flexibility index (Phi) is 6.23. The number of fused-ring (bicyclic) bond motifs is 3. The van der Waals surface area contributed by atoms with Crippen LogP contribution in [0.25, 0.3) is 5.76 Å². The van der Waals surface area contributed by atoms with Crippen LogP contribution >= 0.6 is 0 Å². The van der Waals surface area contributed by atoms with Crippen LogP contribution in [0.4, 0.5) is 0 Å². The Morgan fingerprint density at radius 1 is 1.22 bits per heavy atom. The molecule has 1 amide bonds. The van der Waals surface area contributed by atoms with Crippen LogP contribution in [-0.2, 0) is 32.2 Å². The first-order valence-corrected chi connectivity index (χ1v) is 11.3. The third kappa shape index (κ3) is 3.36. The number of aliphatic hydroxyl groups is 2. The number of aromatic hydroxyl groups is 1. The third-order valence-electron chi connectivity index (χ3n) is 7.55. The molecule has 0 bridgehead atoms. The summed E-state index contributed by atoms with van der Waals surface area (Å²) in [6.07, 6.45) is 0.213. The van der Waals surface area contributed by atoms with Gasteiger partial charge in [0.15, 0.2) is 5.78 Å². The van der Waals surface area contributed by atoms with Crippen LogP contribution in [0.2, 0.25) is 0 Å². The predicted molar refractivity (Wildman–Crippen MR) is 126 cm³/mol. The second-order valence-electron chi connectivity index (χ2n) is 9.62. The number of phenols is 1. The van der Waals surface area contributed by atoms with Crippen LogP contribution in [0, 0.1) is 16.7 Å². The van der Waals surface area contributed by atoms with E-state index in [0.717, 1.165) is 5.56 Å². The monoisotopic (exact) mass is 500 g/mol. The van der Waals surface area contributed by atoms with Crippen molar-refractivity contribution in [3.8, 4) is 5.75 Å². The number of benzene rings is 1. The summed E-state index contributed by atoms with van der Waals surface area (Å²) in [5, 5.41) is 37.4. The van der Waals surface area contributed by atoms with Crippen LogP contribution in [-0.4, -0.2) is 82.6 Å². The molecule has 3 aliphatic rings. The van der Waals surface area contributed by atoms with Gasteiger partial charge in [0.2, 0.25) is 11.3 Å². The molecule has 1 saturated carbocycles. The number of amides is 1. The molecule has 1 aromatic carbocycles. The van der Waals surface area contributed by atoms with E-state index in [1.165, 1.54) is 18.1 Å². The van der Waals surface area contributed by atoms with Gasteiger partial charge in [0.05, 0.1) is 18.7 Å². The SMILES string of the molecule is CON(C)Cc1ccc(O)c2c1CC1CC3[C@H](N(C)C)C(=O)C(C(N)=O)=C(O)C3(N=O)C(=O)C1=C2O. The number of primary amides is 1. The van der Waals surface area contributed by atoms with E-state index in [1.807, 2.05) is 0 Å². The molecule has 0 heterocycles. The molecule has 3 unspecified atom stereocenters. The van der Waals surface area contributed by atoms with Gasteiger partial charge in [-0.3, -0.25) is 19.3 Å². The second-order valence-corrected chi connectivity index (χ2v) is 9.62. The van der Waals surface area contributed by atoms with E-state index < -0.39 is 58.0 Å². The second kappa shape index (κ2) is 8.80. The maximum atomic E-state index is 13.9. The molecule has 12 nitrogen and oxygen atoms in total. The maximum absolute atomic E-state index is 13.9. The van der Waals surface area contributed by atoms with E-state index in [-0.39, 0.29) is 29.7 Å². The number of nitroso groups, excluding NO2 is 1. The molecule has 192 valence electrons. The summed E-state index contributed by atoms with van der Waals surface area (Å²) < 4.78 is 0. The molecule has 4 rings (SSSR count). The lowest BCUT2D eigenvalue weighted by Gasteiger charge is -2.49. The molecule has 0 aromatic heterocycles. The van der Waals surface area contributed by atoms with Crippen LogP contribution < -0.4 is 5.73 Å². The molecule has 12 heteroatoms. The number of ketones is 2. The topological polar surface area (TPSA) is 183 Å². The summed E-state index contributed by atoms with van der Waals surface area (Å²) >= 11 is 0. The van der Waals surface area contributed by atoms with E-state index in [0.29, 0.717) is 12.1 Å². The zero-order chi connectivity index (χ0) is 26.7. The Morgan fingerprint density at radius 2 is 1.89 bits per heavy atom. The summed E-state index contributed by atoms with van der Waals surface area (Å²) in [5.41, 5.74) is 3.10. The van der Waals surface area contributed by atoms with Crippen molar-refractivity contribution in [1.29, 1.82) is 0 Å². The van der Waals surface area contributed by atoms with Gasteiger partial charge in [-0.2, -0.15) is 5.06 Å². The van der Waals surface area contributed by atoms with Crippen molar-refractivity contribution in [3.63, 3.8) is 0 Å². The Morgan fingerprint density at radius 3 is 2.44 bits per heavy atom. The first kappa shape index (κ1) is 25.5. The number of aliphatic hydroxyl groups excluding tert-OH is 2. The van der Waals surface area contributed by atoms with Gasteiger partial charge in [0, 0.05) is 25.1 Å². The summed E-state index contributed by atoms with van der Waals surface area (Å²) in [5.74, 6) is -6.84. The lowest BCUT2D eigenvalue weighted by Crippen LogP contribution is -2.64. The van der Waals surface area contributed by atoms with E-state index in [2.05, 4.69) is 5.18 Å². The number of likely N-dealkylation sites (N-methyl/N-ethyl adjacent to an activating group) is 1. The molecule has 0 radical (unpaired) electrons. The molecule has 0 saturated heterocycles.